The fourth-order valence-corrected chi connectivity index (χ4v) is 3.37. The average Bonchev–Trinajstić information content (AvgIpc) is 3.09. The molecule has 112 valence electrons. The summed E-state index contributed by atoms with van der Waals surface area (Å²) in [6, 6.07) is 4.73. The molecule has 2 heterocycles. The highest BCUT2D eigenvalue weighted by atomic mass is 16.6. The van der Waals surface area contributed by atoms with Gasteiger partial charge in [-0.3, -0.25) is 14.9 Å². The molecule has 3 rings (SSSR count). The Labute approximate surface area is 123 Å². The first kappa shape index (κ1) is 14.0. The van der Waals surface area contributed by atoms with E-state index in [2.05, 4.69) is 5.32 Å². The minimum atomic E-state index is -0.432. The summed E-state index contributed by atoms with van der Waals surface area (Å²) in [7, 11) is 0. The zero-order chi connectivity index (χ0) is 15.0. The minimum absolute atomic E-state index is 0.0114. The van der Waals surface area contributed by atoms with Crippen LogP contribution in [0.5, 0.6) is 0 Å². The highest BCUT2D eigenvalue weighted by Gasteiger charge is 2.42. The van der Waals surface area contributed by atoms with Gasteiger partial charge in [0.05, 0.1) is 4.92 Å². The second kappa shape index (κ2) is 5.11. The first-order valence-corrected chi connectivity index (χ1v) is 7.26. The van der Waals surface area contributed by atoms with Gasteiger partial charge < -0.3 is 10.2 Å². The van der Waals surface area contributed by atoms with E-state index in [-0.39, 0.29) is 17.0 Å². The van der Waals surface area contributed by atoms with E-state index in [0.29, 0.717) is 11.1 Å². The monoisotopic (exact) mass is 289 g/mol. The number of aryl methyl sites for hydroxylation is 1. The van der Waals surface area contributed by atoms with Crippen molar-refractivity contribution in [2.75, 3.05) is 26.2 Å². The maximum Gasteiger partial charge on any atom is 0.273 e. The lowest BCUT2D eigenvalue weighted by Crippen LogP contribution is -2.33. The van der Waals surface area contributed by atoms with E-state index in [1.165, 1.54) is 6.07 Å². The van der Waals surface area contributed by atoms with Crippen LogP contribution in [0.4, 0.5) is 5.69 Å². The van der Waals surface area contributed by atoms with Gasteiger partial charge in [-0.1, -0.05) is 6.07 Å². The molecule has 6 nitrogen and oxygen atoms in total. The maximum absolute atomic E-state index is 12.6. The standard InChI is InChI=1S/C15H19N3O3/c1-11-2-3-12(8-13(11)18(20)21)14(19)17-7-5-15(10-17)4-6-16-9-15/h2-3,8,16H,4-7,9-10H2,1H3. The van der Waals surface area contributed by atoms with E-state index in [1.54, 1.807) is 19.1 Å². The number of likely N-dealkylation sites (tertiary alicyclic amines) is 1. The molecule has 2 fully saturated rings. The van der Waals surface area contributed by atoms with Crippen LogP contribution >= 0.6 is 0 Å². The molecule has 6 heteroatoms. The van der Waals surface area contributed by atoms with Crippen molar-refractivity contribution < 1.29 is 9.72 Å². The molecule has 1 spiro atoms. The van der Waals surface area contributed by atoms with E-state index in [1.807, 2.05) is 4.90 Å². The summed E-state index contributed by atoms with van der Waals surface area (Å²) < 4.78 is 0. The number of nitro groups is 1. The van der Waals surface area contributed by atoms with Gasteiger partial charge in [0.15, 0.2) is 0 Å². The number of amides is 1. The largest absolute Gasteiger partial charge is 0.338 e. The summed E-state index contributed by atoms with van der Waals surface area (Å²) in [5, 5.41) is 14.4. The van der Waals surface area contributed by atoms with Crippen molar-refractivity contribution in [2.45, 2.75) is 19.8 Å². The van der Waals surface area contributed by atoms with E-state index >= 15 is 0 Å². The number of nitro benzene ring substituents is 1. The molecule has 0 saturated carbocycles. The van der Waals surface area contributed by atoms with Crippen LogP contribution in [0.2, 0.25) is 0 Å². The van der Waals surface area contributed by atoms with Gasteiger partial charge in [0, 0.05) is 42.2 Å². The van der Waals surface area contributed by atoms with Gasteiger partial charge in [-0.05, 0) is 32.4 Å². The number of nitrogens with one attached hydrogen (secondary N) is 1. The SMILES string of the molecule is Cc1ccc(C(=O)N2CCC3(CCNC3)C2)cc1[N+](=O)[O-]. The summed E-state index contributed by atoms with van der Waals surface area (Å²) in [4.78, 5) is 25.0. The van der Waals surface area contributed by atoms with Gasteiger partial charge >= 0.3 is 0 Å². The highest BCUT2D eigenvalue weighted by molar-refractivity contribution is 5.95. The molecule has 1 N–H and O–H groups in total. The third-order valence-electron chi connectivity index (χ3n) is 4.71. The Bertz CT molecular complexity index is 594. The average molecular weight is 289 g/mol. The number of nitrogens with zero attached hydrogens (tertiary/aromatic N) is 2. The van der Waals surface area contributed by atoms with Crippen LogP contribution in [0.3, 0.4) is 0 Å². The van der Waals surface area contributed by atoms with Crippen LogP contribution in [0.1, 0.15) is 28.8 Å². The smallest absolute Gasteiger partial charge is 0.273 e. The summed E-state index contributed by atoms with van der Waals surface area (Å²) in [6.45, 7) is 5.15. The van der Waals surface area contributed by atoms with Crippen molar-refractivity contribution in [3.05, 3.63) is 39.4 Å². The van der Waals surface area contributed by atoms with Crippen LogP contribution in [-0.4, -0.2) is 41.9 Å². The second-order valence-electron chi connectivity index (χ2n) is 6.16. The molecule has 2 saturated heterocycles. The topological polar surface area (TPSA) is 75.5 Å². The first-order chi connectivity index (χ1) is 10.0. The molecular weight excluding hydrogens is 270 g/mol. The number of rotatable bonds is 2. The molecule has 2 aliphatic heterocycles. The van der Waals surface area contributed by atoms with E-state index in [4.69, 9.17) is 0 Å². The van der Waals surface area contributed by atoms with Gasteiger partial charge in [0.2, 0.25) is 0 Å². The Hall–Kier alpha value is -1.95. The molecule has 1 aromatic carbocycles. The second-order valence-corrected chi connectivity index (χ2v) is 6.16. The zero-order valence-corrected chi connectivity index (χ0v) is 12.1. The summed E-state index contributed by atoms with van der Waals surface area (Å²) in [5.41, 5.74) is 1.22. The molecule has 1 amide bonds. The number of carbonyl (C=O) groups is 1. The molecule has 0 radical (unpaired) electrons. The van der Waals surface area contributed by atoms with Crippen molar-refractivity contribution in [1.82, 2.24) is 10.2 Å². The molecular formula is C15H19N3O3. The molecule has 1 atom stereocenters. The lowest BCUT2D eigenvalue weighted by molar-refractivity contribution is -0.385. The maximum atomic E-state index is 12.6. The van der Waals surface area contributed by atoms with Gasteiger partial charge in [-0.2, -0.15) is 0 Å². The Balaban J connectivity index is 1.80. The first-order valence-electron chi connectivity index (χ1n) is 7.26. The van der Waals surface area contributed by atoms with E-state index in [9.17, 15) is 14.9 Å². The van der Waals surface area contributed by atoms with Gasteiger partial charge in [-0.15, -0.1) is 0 Å². The lowest BCUT2D eigenvalue weighted by Gasteiger charge is -2.22. The number of benzene rings is 1. The predicted molar refractivity (Wildman–Crippen MR) is 78.3 cm³/mol. The van der Waals surface area contributed by atoms with Crippen molar-refractivity contribution >= 4 is 11.6 Å². The summed E-state index contributed by atoms with van der Waals surface area (Å²) >= 11 is 0. The summed E-state index contributed by atoms with van der Waals surface area (Å²) in [6.07, 6.45) is 2.12. The fraction of sp³-hybridized carbons (Fsp3) is 0.533. The lowest BCUT2D eigenvalue weighted by atomic mass is 9.86. The van der Waals surface area contributed by atoms with E-state index in [0.717, 1.165) is 39.0 Å². The molecule has 1 unspecified atom stereocenters. The van der Waals surface area contributed by atoms with Crippen molar-refractivity contribution in [3.63, 3.8) is 0 Å². The number of hydrogen-bond acceptors (Lipinski definition) is 4. The Kier molecular flexibility index (Phi) is 3.41. The fourth-order valence-electron chi connectivity index (χ4n) is 3.37. The number of hydrogen-bond donors (Lipinski definition) is 1. The van der Waals surface area contributed by atoms with Crippen molar-refractivity contribution in [2.24, 2.45) is 5.41 Å². The minimum Gasteiger partial charge on any atom is -0.338 e. The summed E-state index contributed by atoms with van der Waals surface area (Å²) in [5.74, 6) is -0.0955. The van der Waals surface area contributed by atoms with Crippen LogP contribution in [0.25, 0.3) is 0 Å². The molecule has 0 aromatic heterocycles. The Morgan fingerprint density at radius 3 is 2.90 bits per heavy atom. The third kappa shape index (κ3) is 2.51. The molecule has 21 heavy (non-hydrogen) atoms. The van der Waals surface area contributed by atoms with Crippen LogP contribution < -0.4 is 5.32 Å². The van der Waals surface area contributed by atoms with Crippen LogP contribution in [-0.2, 0) is 0 Å². The van der Waals surface area contributed by atoms with Gasteiger partial charge in [-0.25, -0.2) is 0 Å². The highest BCUT2D eigenvalue weighted by Crippen LogP contribution is 2.36. The molecule has 2 aliphatic rings. The van der Waals surface area contributed by atoms with Crippen molar-refractivity contribution in [3.8, 4) is 0 Å². The number of carbonyl (C=O) groups excluding carboxylic acids is 1. The quantitative estimate of drug-likeness (QED) is 0.664. The molecule has 0 bridgehead atoms. The normalized spacial score (nSPS) is 24.7. The zero-order valence-electron chi connectivity index (χ0n) is 12.1. The molecule has 1 aromatic rings. The van der Waals surface area contributed by atoms with Crippen LogP contribution in [0.15, 0.2) is 18.2 Å². The Morgan fingerprint density at radius 2 is 2.24 bits per heavy atom. The predicted octanol–water partition coefficient (Wildman–Crippen LogP) is 1.73. The molecule has 0 aliphatic carbocycles. The van der Waals surface area contributed by atoms with Gasteiger partial charge in [0.1, 0.15) is 0 Å². The Morgan fingerprint density at radius 1 is 1.43 bits per heavy atom. The third-order valence-corrected chi connectivity index (χ3v) is 4.71. The van der Waals surface area contributed by atoms with Crippen LogP contribution in [0, 0.1) is 22.5 Å². The van der Waals surface area contributed by atoms with E-state index < -0.39 is 4.92 Å². The van der Waals surface area contributed by atoms with Gasteiger partial charge in [0.25, 0.3) is 11.6 Å². The van der Waals surface area contributed by atoms with Crippen molar-refractivity contribution in [1.29, 1.82) is 0 Å².